The van der Waals surface area contributed by atoms with Gasteiger partial charge in [-0.3, -0.25) is 10.1 Å². The van der Waals surface area contributed by atoms with Crippen molar-refractivity contribution in [3.05, 3.63) is 39.7 Å². The van der Waals surface area contributed by atoms with Crippen LogP contribution in [0.5, 0.6) is 0 Å². The molecule has 2 aromatic heterocycles. The summed E-state index contributed by atoms with van der Waals surface area (Å²) >= 11 is 0. The molecule has 2 aliphatic heterocycles. The molecule has 0 bridgehead atoms. The highest BCUT2D eigenvalue weighted by Crippen LogP contribution is 2.34. The van der Waals surface area contributed by atoms with Crippen molar-refractivity contribution in [1.82, 2.24) is 25.1 Å². The molecule has 0 aliphatic carbocycles. The minimum absolute atomic E-state index is 0.0450. The van der Waals surface area contributed by atoms with Gasteiger partial charge in [-0.1, -0.05) is 0 Å². The zero-order valence-corrected chi connectivity index (χ0v) is 14.1. The van der Waals surface area contributed by atoms with Crippen molar-refractivity contribution in [2.75, 3.05) is 6.61 Å². The smallest absolute Gasteiger partial charge is 0.270 e. The molecule has 9 nitrogen and oxygen atoms in total. The zero-order chi connectivity index (χ0) is 17.7. The number of nitro benzene ring substituents is 1. The van der Waals surface area contributed by atoms with E-state index in [4.69, 9.17) is 9.84 Å². The van der Waals surface area contributed by atoms with Crippen molar-refractivity contribution in [2.45, 2.75) is 38.6 Å². The number of imidazole rings is 1. The van der Waals surface area contributed by atoms with Gasteiger partial charge in [-0.2, -0.15) is 5.10 Å². The number of ether oxygens (including phenoxy) is 1. The first-order valence-electron chi connectivity index (χ1n) is 8.78. The van der Waals surface area contributed by atoms with Gasteiger partial charge in [0.15, 0.2) is 12.1 Å². The third-order valence-corrected chi connectivity index (χ3v) is 5.01. The van der Waals surface area contributed by atoms with E-state index in [-0.39, 0.29) is 16.8 Å². The summed E-state index contributed by atoms with van der Waals surface area (Å²) in [5.74, 6) is 0.650. The van der Waals surface area contributed by atoms with Crippen LogP contribution in [0.1, 0.15) is 36.9 Å². The second kappa shape index (κ2) is 5.89. The van der Waals surface area contributed by atoms with E-state index in [1.165, 1.54) is 6.07 Å². The third kappa shape index (κ3) is 2.39. The molecular weight excluding hydrogens is 336 g/mol. The number of H-pyrrole nitrogens is 1. The Morgan fingerprint density at radius 1 is 1.31 bits per heavy atom. The molecule has 2 N–H and O–H groups in total. The Kier molecular flexibility index (Phi) is 3.50. The highest BCUT2D eigenvalue weighted by atomic mass is 16.6. The molecule has 5 rings (SSSR count). The Morgan fingerprint density at radius 2 is 2.23 bits per heavy atom. The lowest BCUT2D eigenvalue weighted by Gasteiger charge is -2.23. The minimum Gasteiger partial charge on any atom is -0.356 e. The number of aromatic amines is 1. The summed E-state index contributed by atoms with van der Waals surface area (Å²) < 4.78 is 7.73. The number of nitro groups is 1. The van der Waals surface area contributed by atoms with Crippen molar-refractivity contribution in [1.29, 1.82) is 0 Å². The first-order chi connectivity index (χ1) is 12.7. The van der Waals surface area contributed by atoms with Crippen LogP contribution in [0, 0.1) is 10.1 Å². The molecule has 2 aliphatic rings. The van der Waals surface area contributed by atoms with E-state index in [1.54, 1.807) is 12.1 Å². The summed E-state index contributed by atoms with van der Waals surface area (Å²) in [5, 5.41) is 19.9. The fraction of sp³-hybridized carbons (Fsp3) is 0.412. The molecule has 1 atom stereocenters. The molecule has 4 heterocycles. The first kappa shape index (κ1) is 15.5. The molecule has 3 aromatic rings. The van der Waals surface area contributed by atoms with Crippen LogP contribution in [-0.4, -0.2) is 31.3 Å². The monoisotopic (exact) mass is 354 g/mol. The molecular formula is C17H18N6O3. The number of non-ortho nitro benzene ring substituents is 1. The maximum atomic E-state index is 11.2. The molecule has 0 amide bonds. The van der Waals surface area contributed by atoms with Crippen LogP contribution < -0.4 is 5.32 Å². The van der Waals surface area contributed by atoms with Crippen LogP contribution in [0.15, 0.2) is 18.2 Å². The van der Waals surface area contributed by atoms with Crippen molar-refractivity contribution < 1.29 is 9.66 Å². The standard InChI is InChI=1S/C17H18N6O3/c24-23(25)10-4-5-14-11(7-10)16(17-19-12-8-18-9-13(12)20-17)21-22(14)15-3-1-2-6-26-15/h4-5,7,15,18H,1-3,6,8-9H2,(H,19,20). The average molecular weight is 354 g/mol. The Bertz CT molecular complexity index is 980. The van der Waals surface area contributed by atoms with Gasteiger partial charge < -0.3 is 15.0 Å². The number of nitrogens with zero attached hydrogens (tertiary/aromatic N) is 4. The molecule has 0 saturated carbocycles. The minimum atomic E-state index is -0.385. The second-order valence-corrected chi connectivity index (χ2v) is 6.69. The summed E-state index contributed by atoms with van der Waals surface area (Å²) in [6, 6.07) is 4.84. The molecule has 1 unspecified atom stereocenters. The maximum absolute atomic E-state index is 11.2. The van der Waals surface area contributed by atoms with Gasteiger partial charge in [-0.05, 0) is 25.3 Å². The number of benzene rings is 1. The Labute approximate surface area is 148 Å². The van der Waals surface area contributed by atoms with E-state index < -0.39 is 0 Å². The number of aromatic nitrogens is 4. The van der Waals surface area contributed by atoms with E-state index in [9.17, 15) is 10.1 Å². The SMILES string of the molecule is O=[N+]([O-])c1ccc2c(c1)c(-c1nc3c([nH]1)CNC3)nn2C1CCCCO1. The summed E-state index contributed by atoms with van der Waals surface area (Å²) in [6.45, 7) is 2.16. The lowest BCUT2D eigenvalue weighted by Crippen LogP contribution is -2.19. The Hall–Kier alpha value is -2.78. The van der Waals surface area contributed by atoms with Crippen molar-refractivity contribution >= 4 is 16.6 Å². The Morgan fingerprint density at radius 3 is 3.00 bits per heavy atom. The van der Waals surface area contributed by atoms with Gasteiger partial charge in [0.25, 0.3) is 5.69 Å². The molecule has 1 fully saturated rings. The maximum Gasteiger partial charge on any atom is 0.270 e. The summed E-state index contributed by atoms with van der Waals surface area (Å²) in [6.07, 6.45) is 2.86. The largest absolute Gasteiger partial charge is 0.356 e. The molecule has 1 aromatic carbocycles. The predicted octanol–water partition coefficient (Wildman–Crippen LogP) is 2.64. The van der Waals surface area contributed by atoms with Crippen LogP contribution >= 0.6 is 0 Å². The normalized spacial score (nSPS) is 19.8. The fourth-order valence-corrected chi connectivity index (χ4v) is 3.71. The van der Waals surface area contributed by atoms with Crippen molar-refractivity contribution in [3.8, 4) is 11.5 Å². The summed E-state index contributed by atoms with van der Waals surface area (Å²) in [4.78, 5) is 18.8. The topological polar surface area (TPSA) is 111 Å². The van der Waals surface area contributed by atoms with E-state index in [0.717, 1.165) is 49.3 Å². The average Bonchev–Trinajstić information content (AvgIpc) is 3.34. The number of rotatable bonds is 3. The van der Waals surface area contributed by atoms with Gasteiger partial charge in [0.1, 0.15) is 5.69 Å². The van der Waals surface area contributed by atoms with Crippen LogP contribution in [0.2, 0.25) is 0 Å². The third-order valence-electron chi connectivity index (χ3n) is 5.01. The molecule has 26 heavy (non-hydrogen) atoms. The van der Waals surface area contributed by atoms with Crippen molar-refractivity contribution in [2.24, 2.45) is 0 Å². The van der Waals surface area contributed by atoms with E-state index in [2.05, 4.69) is 15.3 Å². The van der Waals surface area contributed by atoms with E-state index in [1.807, 2.05) is 4.68 Å². The van der Waals surface area contributed by atoms with Crippen LogP contribution in [0.25, 0.3) is 22.4 Å². The first-order valence-corrected chi connectivity index (χ1v) is 8.78. The van der Waals surface area contributed by atoms with Crippen LogP contribution in [0.4, 0.5) is 5.69 Å². The molecule has 0 spiro atoms. The second-order valence-electron chi connectivity index (χ2n) is 6.69. The van der Waals surface area contributed by atoms with Crippen molar-refractivity contribution in [3.63, 3.8) is 0 Å². The quantitative estimate of drug-likeness (QED) is 0.552. The van der Waals surface area contributed by atoms with Gasteiger partial charge in [0, 0.05) is 37.2 Å². The fourth-order valence-electron chi connectivity index (χ4n) is 3.71. The zero-order valence-electron chi connectivity index (χ0n) is 14.1. The number of hydrogen-bond acceptors (Lipinski definition) is 6. The van der Waals surface area contributed by atoms with Crippen LogP contribution in [0.3, 0.4) is 0 Å². The van der Waals surface area contributed by atoms with Gasteiger partial charge in [-0.15, -0.1) is 0 Å². The van der Waals surface area contributed by atoms with Crippen LogP contribution in [-0.2, 0) is 17.8 Å². The lowest BCUT2D eigenvalue weighted by molar-refractivity contribution is -0.384. The molecule has 1 saturated heterocycles. The number of fused-ring (bicyclic) bond motifs is 2. The van der Waals surface area contributed by atoms with Gasteiger partial charge in [0.05, 0.1) is 21.8 Å². The van der Waals surface area contributed by atoms with E-state index in [0.29, 0.717) is 23.5 Å². The van der Waals surface area contributed by atoms with Gasteiger partial charge in [-0.25, -0.2) is 9.67 Å². The lowest BCUT2D eigenvalue weighted by atomic mass is 10.1. The van der Waals surface area contributed by atoms with Gasteiger partial charge >= 0.3 is 0 Å². The van der Waals surface area contributed by atoms with E-state index >= 15 is 0 Å². The molecule has 9 heteroatoms. The predicted molar refractivity (Wildman–Crippen MR) is 93.4 cm³/mol. The molecule has 0 radical (unpaired) electrons. The summed E-state index contributed by atoms with van der Waals surface area (Å²) in [7, 11) is 0. The highest BCUT2D eigenvalue weighted by Gasteiger charge is 2.25. The van der Waals surface area contributed by atoms with Gasteiger partial charge in [0.2, 0.25) is 0 Å². The Balaban J connectivity index is 1.69. The summed E-state index contributed by atoms with van der Waals surface area (Å²) in [5.41, 5.74) is 3.52. The molecule has 134 valence electrons. The number of hydrogen-bond donors (Lipinski definition) is 2. The highest BCUT2D eigenvalue weighted by molar-refractivity contribution is 5.93. The number of nitrogens with one attached hydrogen (secondary N) is 2.